The van der Waals surface area contributed by atoms with Crippen molar-refractivity contribution in [2.45, 2.75) is 12.3 Å². The molecule has 0 heterocycles. The minimum atomic E-state index is -5.06. The van der Waals surface area contributed by atoms with Crippen LogP contribution >= 0.6 is 0 Å². The Morgan fingerprint density at radius 3 is 2.00 bits per heavy atom. The summed E-state index contributed by atoms with van der Waals surface area (Å²) in [4.78, 5) is 31.3. The van der Waals surface area contributed by atoms with E-state index in [1.165, 1.54) is 0 Å². The summed E-state index contributed by atoms with van der Waals surface area (Å²) in [5.41, 5.74) is 4.57. The first-order valence-corrected chi connectivity index (χ1v) is 4.04. The standard InChI is InChI=1S/C7H8F4N2O4/c8-5(9)7(10,11)6(17)13(1-3(12)14)2-4(15)16/h5H,1-2H2,(H2,12,14)(H,15,16). The molecule has 0 saturated heterocycles. The average molecular weight is 260 g/mol. The summed E-state index contributed by atoms with van der Waals surface area (Å²) < 4.78 is 48.9. The van der Waals surface area contributed by atoms with Crippen LogP contribution in [0.25, 0.3) is 0 Å². The van der Waals surface area contributed by atoms with Crippen molar-refractivity contribution < 1.29 is 37.1 Å². The van der Waals surface area contributed by atoms with Crippen LogP contribution in [0.15, 0.2) is 0 Å². The van der Waals surface area contributed by atoms with Gasteiger partial charge in [0.25, 0.3) is 5.91 Å². The fourth-order valence-electron chi connectivity index (χ4n) is 0.855. The number of amides is 2. The average Bonchev–Trinajstić information content (AvgIpc) is 2.13. The second kappa shape index (κ2) is 5.46. The fraction of sp³-hybridized carbons (Fsp3) is 0.571. The number of primary amides is 1. The molecule has 0 aliphatic carbocycles. The number of hydrogen-bond acceptors (Lipinski definition) is 3. The van der Waals surface area contributed by atoms with Crippen molar-refractivity contribution in [1.29, 1.82) is 0 Å². The molecule has 0 fully saturated rings. The van der Waals surface area contributed by atoms with Crippen molar-refractivity contribution >= 4 is 17.8 Å². The molecule has 0 aromatic rings. The van der Waals surface area contributed by atoms with Gasteiger partial charge >= 0.3 is 18.3 Å². The Morgan fingerprint density at radius 1 is 1.24 bits per heavy atom. The molecule has 6 nitrogen and oxygen atoms in total. The number of hydrogen-bond donors (Lipinski definition) is 2. The molecule has 17 heavy (non-hydrogen) atoms. The van der Waals surface area contributed by atoms with Crippen LogP contribution in [0.2, 0.25) is 0 Å². The van der Waals surface area contributed by atoms with Crippen molar-refractivity contribution in [2.24, 2.45) is 5.73 Å². The van der Waals surface area contributed by atoms with Crippen molar-refractivity contribution in [1.82, 2.24) is 4.90 Å². The predicted octanol–water partition coefficient (Wildman–Crippen LogP) is -0.715. The lowest BCUT2D eigenvalue weighted by Crippen LogP contribution is -2.51. The highest BCUT2D eigenvalue weighted by Crippen LogP contribution is 2.25. The lowest BCUT2D eigenvalue weighted by Gasteiger charge is -2.23. The number of alkyl halides is 4. The maximum Gasteiger partial charge on any atom is 0.383 e. The van der Waals surface area contributed by atoms with Crippen LogP contribution in [-0.4, -0.2) is 53.2 Å². The second-order valence-corrected chi connectivity index (χ2v) is 2.94. The van der Waals surface area contributed by atoms with Gasteiger partial charge in [0, 0.05) is 0 Å². The summed E-state index contributed by atoms with van der Waals surface area (Å²) in [6, 6.07) is 0. The van der Waals surface area contributed by atoms with Crippen LogP contribution in [0.4, 0.5) is 17.6 Å². The highest BCUT2D eigenvalue weighted by Gasteiger charge is 2.51. The monoisotopic (exact) mass is 260 g/mol. The summed E-state index contributed by atoms with van der Waals surface area (Å²) in [6.45, 7) is -2.52. The number of rotatable bonds is 6. The van der Waals surface area contributed by atoms with Crippen molar-refractivity contribution in [3.8, 4) is 0 Å². The number of carboxylic acids is 1. The van der Waals surface area contributed by atoms with E-state index in [1.54, 1.807) is 0 Å². The van der Waals surface area contributed by atoms with Gasteiger partial charge in [0.15, 0.2) is 0 Å². The van der Waals surface area contributed by atoms with Crippen molar-refractivity contribution in [3.63, 3.8) is 0 Å². The van der Waals surface area contributed by atoms with Gasteiger partial charge in [0.1, 0.15) is 13.1 Å². The zero-order valence-corrected chi connectivity index (χ0v) is 8.20. The first kappa shape index (κ1) is 15.1. The Labute approximate surface area is 92.0 Å². The Balaban J connectivity index is 4.98. The van der Waals surface area contributed by atoms with Crippen LogP contribution in [0.5, 0.6) is 0 Å². The third-order valence-corrected chi connectivity index (χ3v) is 1.52. The smallest absolute Gasteiger partial charge is 0.383 e. The maximum absolute atomic E-state index is 12.6. The molecule has 0 aromatic heterocycles. The molecule has 0 bridgehead atoms. The molecule has 0 aliphatic rings. The molecule has 0 rings (SSSR count). The van der Waals surface area contributed by atoms with E-state index in [-0.39, 0.29) is 4.90 Å². The van der Waals surface area contributed by atoms with Crippen LogP contribution in [0.1, 0.15) is 0 Å². The molecular weight excluding hydrogens is 252 g/mol. The lowest BCUT2D eigenvalue weighted by atomic mass is 10.3. The molecule has 0 unspecified atom stereocenters. The summed E-state index contributed by atoms with van der Waals surface area (Å²) in [5.74, 6) is -10.6. The van der Waals surface area contributed by atoms with Gasteiger partial charge in [-0.1, -0.05) is 0 Å². The quantitative estimate of drug-likeness (QED) is 0.616. The maximum atomic E-state index is 12.6. The topological polar surface area (TPSA) is 101 Å². The Bertz CT molecular complexity index is 318. The molecule has 3 N–H and O–H groups in total. The third-order valence-electron chi connectivity index (χ3n) is 1.52. The molecule has 0 aromatic carbocycles. The largest absolute Gasteiger partial charge is 0.480 e. The molecule has 2 amide bonds. The zero-order chi connectivity index (χ0) is 13.8. The number of nitrogens with two attached hydrogens (primary N) is 1. The Morgan fingerprint density at radius 2 is 1.71 bits per heavy atom. The van der Waals surface area contributed by atoms with E-state index in [1.807, 2.05) is 0 Å². The molecule has 0 saturated carbocycles. The van der Waals surface area contributed by atoms with E-state index >= 15 is 0 Å². The molecule has 0 spiro atoms. The highest BCUT2D eigenvalue weighted by atomic mass is 19.3. The lowest BCUT2D eigenvalue weighted by molar-refractivity contribution is -0.182. The van der Waals surface area contributed by atoms with E-state index in [0.717, 1.165) is 0 Å². The van der Waals surface area contributed by atoms with Crippen molar-refractivity contribution in [3.05, 3.63) is 0 Å². The summed E-state index contributed by atoms with van der Waals surface area (Å²) >= 11 is 0. The first-order valence-electron chi connectivity index (χ1n) is 4.04. The van der Waals surface area contributed by atoms with Crippen LogP contribution in [-0.2, 0) is 14.4 Å². The van der Waals surface area contributed by atoms with Gasteiger partial charge in [-0.05, 0) is 0 Å². The molecule has 10 heteroatoms. The number of halogens is 4. The number of carboxylic acid groups (broad SMARTS) is 1. The van der Waals surface area contributed by atoms with Gasteiger partial charge in [-0.2, -0.15) is 8.78 Å². The van der Waals surface area contributed by atoms with E-state index in [4.69, 9.17) is 5.11 Å². The minimum Gasteiger partial charge on any atom is -0.480 e. The molecule has 0 atom stereocenters. The fourth-order valence-corrected chi connectivity index (χ4v) is 0.855. The highest BCUT2D eigenvalue weighted by molar-refractivity contribution is 5.90. The van der Waals surface area contributed by atoms with Crippen molar-refractivity contribution in [2.75, 3.05) is 13.1 Å². The van der Waals surface area contributed by atoms with E-state index in [0.29, 0.717) is 0 Å². The zero-order valence-electron chi connectivity index (χ0n) is 8.20. The minimum absolute atomic E-state index is 0.253. The van der Waals surface area contributed by atoms with Gasteiger partial charge < -0.3 is 15.7 Å². The number of carbonyl (C=O) groups is 3. The Kier molecular flexibility index (Phi) is 4.86. The second-order valence-electron chi connectivity index (χ2n) is 2.94. The van der Waals surface area contributed by atoms with Gasteiger partial charge in [0.2, 0.25) is 5.91 Å². The van der Waals surface area contributed by atoms with Gasteiger partial charge in [-0.25, -0.2) is 8.78 Å². The van der Waals surface area contributed by atoms with E-state index in [2.05, 4.69) is 5.73 Å². The van der Waals surface area contributed by atoms with Crippen LogP contribution < -0.4 is 5.73 Å². The molecule has 0 aliphatic heterocycles. The summed E-state index contributed by atoms with van der Waals surface area (Å²) in [5, 5.41) is 8.27. The van der Waals surface area contributed by atoms with Gasteiger partial charge in [-0.15, -0.1) is 0 Å². The normalized spacial score (nSPS) is 11.4. The van der Waals surface area contributed by atoms with Crippen LogP contribution in [0, 0.1) is 0 Å². The first-order chi connectivity index (χ1) is 7.59. The van der Waals surface area contributed by atoms with E-state index in [9.17, 15) is 31.9 Å². The molecule has 0 radical (unpaired) electrons. The summed E-state index contributed by atoms with van der Waals surface area (Å²) in [7, 11) is 0. The third kappa shape index (κ3) is 4.25. The summed E-state index contributed by atoms with van der Waals surface area (Å²) in [6.07, 6.45) is -4.31. The number of carbonyl (C=O) groups excluding carboxylic acids is 2. The Hall–Kier alpha value is -1.87. The van der Waals surface area contributed by atoms with Gasteiger partial charge in [-0.3, -0.25) is 14.4 Å². The predicted molar refractivity (Wildman–Crippen MR) is 44.4 cm³/mol. The number of nitrogens with zero attached hydrogens (tertiary/aromatic N) is 1. The van der Waals surface area contributed by atoms with E-state index < -0.39 is 43.2 Å². The molecule has 98 valence electrons. The molecular formula is C7H8F4N2O4. The van der Waals surface area contributed by atoms with Crippen LogP contribution in [0.3, 0.4) is 0 Å². The SMILES string of the molecule is NC(=O)CN(CC(=O)O)C(=O)C(F)(F)C(F)F. The number of aliphatic carboxylic acids is 1. The van der Waals surface area contributed by atoms with Gasteiger partial charge in [0.05, 0.1) is 0 Å².